The van der Waals surface area contributed by atoms with Gasteiger partial charge >= 0.3 is 0 Å². The molecule has 5 aromatic carbocycles. The molecule has 0 aromatic heterocycles. The summed E-state index contributed by atoms with van der Waals surface area (Å²) >= 11 is 0. The second-order valence-electron chi connectivity index (χ2n) is 13.1. The molecule has 1 unspecified atom stereocenters. The van der Waals surface area contributed by atoms with Crippen molar-refractivity contribution >= 4 is 9.84 Å². The Morgan fingerprint density at radius 3 is 1.50 bits per heavy atom. The van der Waals surface area contributed by atoms with Crippen molar-refractivity contribution in [3.8, 4) is 6.07 Å². The van der Waals surface area contributed by atoms with Crippen molar-refractivity contribution in [3.63, 3.8) is 0 Å². The van der Waals surface area contributed by atoms with Crippen molar-refractivity contribution in [1.29, 1.82) is 5.26 Å². The van der Waals surface area contributed by atoms with Gasteiger partial charge < -0.3 is 23.7 Å². The molecule has 6 atom stereocenters. The number of allylic oxidation sites excluding steroid dienone is 1. The molecule has 0 bridgehead atoms. The van der Waals surface area contributed by atoms with Crippen molar-refractivity contribution < 1.29 is 32.1 Å². The summed E-state index contributed by atoms with van der Waals surface area (Å²) < 4.78 is 60.1. The number of nitriles is 1. The fourth-order valence-electron chi connectivity index (χ4n) is 6.34. The van der Waals surface area contributed by atoms with E-state index in [2.05, 4.69) is 0 Å². The number of sulfone groups is 1. The van der Waals surface area contributed by atoms with Gasteiger partial charge in [-0.15, -0.1) is 0 Å². The number of ether oxygens (including phenoxy) is 5. The molecule has 1 aliphatic rings. The number of rotatable bonds is 18. The Labute approximate surface area is 318 Å². The normalized spacial score (nSPS) is 20.7. The smallest absolute Gasteiger partial charge is 0.194 e. The van der Waals surface area contributed by atoms with Gasteiger partial charge in [-0.2, -0.15) is 5.26 Å². The standard InChI is InChI=1S/C45H45NO7S/c46-29-40(54(47,48)39-25-14-5-15-26-39)27-16-28-41-43(50-31-36-19-8-2-9-20-36)45(52-33-38-23-12-4-13-24-38)44(51-32-37-21-10-3-11-22-37)42(53-41)34-49-30-35-17-6-1-7-18-35/h1-26,28,40-45H,27,30-34H2/b28-16+/t40?,41-,42+,43-,44+,45+/m0/s1. The molecule has 1 heterocycles. The Morgan fingerprint density at radius 2 is 1.02 bits per heavy atom. The highest BCUT2D eigenvalue weighted by molar-refractivity contribution is 7.92. The third-order valence-corrected chi connectivity index (χ3v) is 11.2. The van der Waals surface area contributed by atoms with E-state index in [1.807, 2.05) is 127 Å². The minimum absolute atomic E-state index is 0.0440. The third kappa shape index (κ3) is 10.8. The predicted octanol–water partition coefficient (Wildman–Crippen LogP) is 8.04. The van der Waals surface area contributed by atoms with Crippen LogP contribution >= 0.6 is 0 Å². The molecule has 0 N–H and O–H groups in total. The Hall–Kier alpha value is -4.92. The molecule has 8 nitrogen and oxygen atoms in total. The minimum Gasteiger partial charge on any atom is -0.374 e. The summed E-state index contributed by atoms with van der Waals surface area (Å²) in [5.74, 6) is 0. The van der Waals surface area contributed by atoms with Gasteiger partial charge in [0.1, 0.15) is 30.5 Å². The van der Waals surface area contributed by atoms with Crippen LogP contribution < -0.4 is 0 Å². The van der Waals surface area contributed by atoms with E-state index < -0.39 is 45.6 Å². The van der Waals surface area contributed by atoms with E-state index in [9.17, 15) is 13.7 Å². The van der Waals surface area contributed by atoms with Crippen LogP contribution in [0.3, 0.4) is 0 Å². The number of hydrogen-bond donors (Lipinski definition) is 0. The highest BCUT2D eigenvalue weighted by atomic mass is 32.2. The molecule has 0 saturated carbocycles. The molecule has 0 radical (unpaired) electrons. The molecule has 1 aliphatic heterocycles. The third-order valence-electron chi connectivity index (χ3n) is 9.19. The van der Waals surface area contributed by atoms with Crippen LogP contribution in [0, 0.1) is 11.3 Å². The molecule has 9 heteroatoms. The summed E-state index contributed by atoms with van der Waals surface area (Å²) in [5.41, 5.74) is 3.97. The van der Waals surface area contributed by atoms with Crippen LogP contribution in [0.5, 0.6) is 0 Å². The van der Waals surface area contributed by atoms with E-state index in [1.54, 1.807) is 30.4 Å². The maximum atomic E-state index is 13.4. The van der Waals surface area contributed by atoms with Crippen molar-refractivity contribution in [2.24, 2.45) is 0 Å². The van der Waals surface area contributed by atoms with Crippen molar-refractivity contribution in [2.75, 3.05) is 6.61 Å². The first kappa shape index (κ1) is 38.8. The highest BCUT2D eigenvalue weighted by Gasteiger charge is 2.47. The van der Waals surface area contributed by atoms with Gasteiger partial charge in [-0.05, 0) is 40.8 Å². The Bertz CT molecular complexity index is 2010. The Balaban J connectivity index is 1.32. The van der Waals surface area contributed by atoms with Crippen LogP contribution in [0.1, 0.15) is 28.7 Å². The lowest BCUT2D eigenvalue weighted by Gasteiger charge is -2.45. The van der Waals surface area contributed by atoms with Crippen LogP contribution in [0.25, 0.3) is 0 Å². The van der Waals surface area contributed by atoms with Gasteiger partial charge in [0.2, 0.25) is 0 Å². The van der Waals surface area contributed by atoms with Gasteiger partial charge in [0.05, 0.1) is 44.0 Å². The fourth-order valence-corrected chi connectivity index (χ4v) is 7.71. The lowest BCUT2D eigenvalue weighted by Crippen LogP contribution is -2.60. The first-order chi connectivity index (χ1) is 26.5. The molecule has 0 amide bonds. The Kier molecular flexibility index (Phi) is 14.3. The van der Waals surface area contributed by atoms with Crippen LogP contribution in [0.4, 0.5) is 0 Å². The second kappa shape index (κ2) is 20.0. The lowest BCUT2D eigenvalue weighted by molar-refractivity contribution is -0.263. The fraction of sp³-hybridized carbons (Fsp3) is 0.267. The van der Waals surface area contributed by atoms with Gasteiger partial charge in [-0.3, -0.25) is 0 Å². The zero-order valence-corrected chi connectivity index (χ0v) is 30.8. The summed E-state index contributed by atoms with van der Waals surface area (Å²) in [6.45, 7) is 1.44. The zero-order valence-electron chi connectivity index (χ0n) is 30.0. The highest BCUT2D eigenvalue weighted by Crippen LogP contribution is 2.32. The van der Waals surface area contributed by atoms with Crippen molar-refractivity contribution in [3.05, 3.63) is 186 Å². The summed E-state index contributed by atoms with van der Waals surface area (Å²) in [6.07, 6.45) is 0.224. The van der Waals surface area contributed by atoms with Crippen molar-refractivity contribution in [1.82, 2.24) is 0 Å². The minimum atomic E-state index is -3.90. The molecule has 0 aliphatic carbocycles. The maximum Gasteiger partial charge on any atom is 0.194 e. The lowest BCUT2D eigenvalue weighted by atomic mass is 9.93. The van der Waals surface area contributed by atoms with E-state index in [0.29, 0.717) is 19.8 Å². The van der Waals surface area contributed by atoms with Gasteiger partial charge in [0.15, 0.2) is 15.1 Å². The molecular formula is C45H45NO7S. The van der Waals surface area contributed by atoms with Gasteiger partial charge in [0.25, 0.3) is 0 Å². The molecule has 1 fully saturated rings. The molecule has 5 aromatic rings. The summed E-state index contributed by atoms with van der Waals surface area (Å²) in [5, 5.41) is 8.70. The van der Waals surface area contributed by atoms with Gasteiger partial charge in [-0.25, -0.2) is 8.42 Å². The van der Waals surface area contributed by atoms with Gasteiger partial charge in [-0.1, -0.05) is 152 Å². The second-order valence-corrected chi connectivity index (χ2v) is 15.2. The summed E-state index contributed by atoms with van der Waals surface area (Å²) in [6, 6.07) is 49.6. The predicted molar refractivity (Wildman–Crippen MR) is 207 cm³/mol. The molecule has 6 rings (SSSR count). The van der Waals surface area contributed by atoms with E-state index >= 15 is 0 Å². The average molecular weight is 744 g/mol. The van der Waals surface area contributed by atoms with Crippen LogP contribution in [0.15, 0.2) is 169 Å². The quantitative estimate of drug-likeness (QED) is 0.0832. The summed E-state index contributed by atoms with van der Waals surface area (Å²) in [7, 11) is -3.90. The van der Waals surface area contributed by atoms with Crippen LogP contribution in [-0.4, -0.2) is 50.8 Å². The topological polar surface area (TPSA) is 104 Å². The van der Waals surface area contributed by atoms with E-state index in [0.717, 1.165) is 22.3 Å². The van der Waals surface area contributed by atoms with E-state index in [-0.39, 0.29) is 24.5 Å². The van der Waals surface area contributed by atoms with Crippen LogP contribution in [0.2, 0.25) is 0 Å². The number of benzene rings is 5. The maximum absolute atomic E-state index is 13.4. The first-order valence-corrected chi connectivity index (χ1v) is 19.6. The van der Waals surface area contributed by atoms with E-state index in [4.69, 9.17) is 23.7 Å². The van der Waals surface area contributed by atoms with Crippen LogP contribution in [-0.2, 0) is 59.9 Å². The summed E-state index contributed by atoms with van der Waals surface area (Å²) in [4.78, 5) is 0.103. The largest absolute Gasteiger partial charge is 0.374 e. The molecule has 1 saturated heterocycles. The average Bonchev–Trinajstić information content (AvgIpc) is 3.22. The van der Waals surface area contributed by atoms with Crippen molar-refractivity contribution in [2.45, 2.75) is 73.5 Å². The zero-order chi connectivity index (χ0) is 37.4. The Morgan fingerprint density at radius 1 is 0.593 bits per heavy atom. The molecule has 278 valence electrons. The monoisotopic (exact) mass is 743 g/mol. The number of hydrogen-bond acceptors (Lipinski definition) is 8. The molecule has 0 spiro atoms. The molecular weight excluding hydrogens is 699 g/mol. The molecule has 54 heavy (non-hydrogen) atoms. The number of nitrogens with zero attached hydrogens (tertiary/aromatic N) is 1. The first-order valence-electron chi connectivity index (χ1n) is 18.1. The van der Waals surface area contributed by atoms with E-state index in [1.165, 1.54) is 12.1 Å². The SMILES string of the molecule is N#CC(C/C=C/[C@@H]1O[C@H](COCc2ccccc2)[C@@H](OCc2ccccc2)[C@H](OCc2ccccc2)[C@H]1OCc1ccccc1)S(=O)(=O)c1ccccc1. The van der Waals surface area contributed by atoms with Gasteiger partial charge in [0, 0.05) is 0 Å².